The second-order valence-corrected chi connectivity index (χ2v) is 5.94. The van der Waals surface area contributed by atoms with Crippen LogP contribution in [0.5, 0.6) is 0 Å². The van der Waals surface area contributed by atoms with Crippen LogP contribution in [-0.4, -0.2) is 48.1 Å². The van der Waals surface area contributed by atoms with Gasteiger partial charge in [-0.15, -0.1) is 0 Å². The van der Waals surface area contributed by atoms with E-state index in [1.165, 1.54) is 5.56 Å². The molecular weight excluding hydrogens is 274 g/mol. The van der Waals surface area contributed by atoms with Gasteiger partial charge in [0, 0.05) is 37.9 Å². The normalized spacial score (nSPS) is 15.9. The van der Waals surface area contributed by atoms with Crippen molar-refractivity contribution in [2.75, 3.05) is 43.4 Å². The van der Waals surface area contributed by atoms with Gasteiger partial charge in [-0.05, 0) is 38.6 Å². The van der Waals surface area contributed by atoms with Gasteiger partial charge in [0.05, 0.1) is 0 Å². The molecule has 0 radical (unpaired) electrons. The van der Waals surface area contributed by atoms with Gasteiger partial charge >= 0.3 is 0 Å². The molecule has 0 aliphatic carbocycles. The standard InChI is InChI=1S/C17H23N5/c1-13-5-4-6-15(11-13)20-16-12-17(19-14(2)18-16)22-9-7-21(3)8-10-22/h4-6,11-12H,7-10H2,1-3H3,(H,18,19,20). The van der Waals surface area contributed by atoms with Crippen molar-refractivity contribution in [3.05, 3.63) is 41.7 Å². The number of aromatic nitrogens is 2. The third-order valence-electron chi connectivity index (χ3n) is 3.94. The van der Waals surface area contributed by atoms with Crippen LogP contribution in [-0.2, 0) is 0 Å². The quantitative estimate of drug-likeness (QED) is 0.943. The summed E-state index contributed by atoms with van der Waals surface area (Å²) in [6.45, 7) is 8.20. The zero-order chi connectivity index (χ0) is 15.5. The van der Waals surface area contributed by atoms with Crippen molar-refractivity contribution in [3.8, 4) is 0 Å². The number of nitrogens with one attached hydrogen (secondary N) is 1. The highest BCUT2D eigenvalue weighted by Crippen LogP contribution is 2.21. The number of hydrogen-bond acceptors (Lipinski definition) is 5. The Balaban J connectivity index is 1.80. The number of piperazine rings is 1. The second-order valence-electron chi connectivity index (χ2n) is 5.94. The minimum atomic E-state index is 0.798. The smallest absolute Gasteiger partial charge is 0.136 e. The molecule has 0 amide bonds. The van der Waals surface area contributed by atoms with Crippen molar-refractivity contribution >= 4 is 17.3 Å². The minimum Gasteiger partial charge on any atom is -0.354 e. The van der Waals surface area contributed by atoms with Crippen molar-refractivity contribution in [2.45, 2.75) is 13.8 Å². The maximum Gasteiger partial charge on any atom is 0.136 e. The van der Waals surface area contributed by atoms with Crippen molar-refractivity contribution < 1.29 is 0 Å². The molecule has 1 N–H and O–H groups in total. The van der Waals surface area contributed by atoms with Crippen LogP contribution in [0.25, 0.3) is 0 Å². The van der Waals surface area contributed by atoms with Gasteiger partial charge in [0.15, 0.2) is 0 Å². The predicted molar refractivity (Wildman–Crippen MR) is 90.9 cm³/mol. The van der Waals surface area contributed by atoms with Gasteiger partial charge in [0.25, 0.3) is 0 Å². The molecule has 116 valence electrons. The molecule has 5 heteroatoms. The first-order chi connectivity index (χ1) is 10.6. The fraction of sp³-hybridized carbons (Fsp3) is 0.412. The van der Waals surface area contributed by atoms with Crippen molar-refractivity contribution in [3.63, 3.8) is 0 Å². The van der Waals surface area contributed by atoms with Crippen molar-refractivity contribution in [1.29, 1.82) is 0 Å². The average molecular weight is 297 g/mol. The van der Waals surface area contributed by atoms with Crippen LogP contribution in [0.1, 0.15) is 11.4 Å². The fourth-order valence-electron chi connectivity index (χ4n) is 2.68. The molecule has 1 fully saturated rings. The molecule has 22 heavy (non-hydrogen) atoms. The maximum atomic E-state index is 4.60. The number of anilines is 3. The van der Waals surface area contributed by atoms with Crippen LogP contribution in [0.3, 0.4) is 0 Å². The number of hydrogen-bond donors (Lipinski definition) is 1. The highest BCUT2D eigenvalue weighted by molar-refractivity contribution is 5.60. The monoisotopic (exact) mass is 297 g/mol. The highest BCUT2D eigenvalue weighted by atomic mass is 15.3. The second kappa shape index (κ2) is 6.32. The van der Waals surface area contributed by atoms with Crippen LogP contribution in [0.2, 0.25) is 0 Å². The summed E-state index contributed by atoms with van der Waals surface area (Å²) in [5.74, 6) is 2.66. The van der Waals surface area contributed by atoms with Crippen molar-refractivity contribution in [2.24, 2.45) is 0 Å². The Labute approximate surface area is 132 Å². The Hall–Kier alpha value is -2.14. The van der Waals surface area contributed by atoms with E-state index in [1.54, 1.807) is 0 Å². The van der Waals surface area contributed by atoms with E-state index in [-0.39, 0.29) is 0 Å². The van der Waals surface area contributed by atoms with Gasteiger partial charge in [-0.3, -0.25) is 0 Å². The molecule has 3 rings (SSSR count). The molecule has 1 aliphatic rings. The topological polar surface area (TPSA) is 44.3 Å². The molecule has 0 bridgehead atoms. The van der Waals surface area contributed by atoms with Gasteiger partial charge in [-0.25, -0.2) is 9.97 Å². The lowest BCUT2D eigenvalue weighted by Gasteiger charge is -2.33. The van der Waals surface area contributed by atoms with Gasteiger partial charge in [-0.1, -0.05) is 12.1 Å². The third kappa shape index (κ3) is 3.54. The van der Waals surface area contributed by atoms with Crippen LogP contribution in [0.4, 0.5) is 17.3 Å². The Morgan fingerprint density at radius 1 is 1.00 bits per heavy atom. The zero-order valence-electron chi connectivity index (χ0n) is 13.5. The van der Waals surface area contributed by atoms with Crippen molar-refractivity contribution in [1.82, 2.24) is 14.9 Å². The Kier molecular flexibility index (Phi) is 4.24. The minimum absolute atomic E-state index is 0.798. The summed E-state index contributed by atoms with van der Waals surface area (Å²) in [6, 6.07) is 10.4. The molecule has 1 saturated heterocycles. The van der Waals surface area contributed by atoms with E-state index in [0.717, 1.165) is 49.3 Å². The van der Waals surface area contributed by atoms with Crippen LogP contribution in [0.15, 0.2) is 30.3 Å². The zero-order valence-corrected chi connectivity index (χ0v) is 13.5. The predicted octanol–water partition coefficient (Wildman–Crippen LogP) is 2.59. The summed E-state index contributed by atoms with van der Waals surface area (Å²) < 4.78 is 0. The van der Waals surface area contributed by atoms with Gasteiger partial charge in [0.2, 0.25) is 0 Å². The summed E-state index contributed by atoms with van der Waals surface area (Å²) in [5, 5.41) is 3.39. The van der Waals surface area contributed by atoms with E-state index in [9.17, 15) is 0 Å². The third-order valence-corrected chi connectivity index (χ3v) is 3.94. The van der Waals surface area contributed by atoms with E-state index in [1.807, 2.05) is 19.1 Å². The Bertz CT molecular complexity index is 647. The number of likely N-dealkylation sites (N-methyl/N-ethyl adjacent to an activating group) is 1. The number of nitrogens with zero attached hydrogens (tertiary/aromatic N) is 4. The first-order valence-electron chi connectivity index (χ1n) is 7.73. The molecule has 1 aliphatic heterocycles. The summed E-state index contributed by atoms with van der Waals surface area (Å²) in [5.41, 5.74) is 2.29. The first kappa shape index (κ1) is 14.8. The highest BCUT2D eigenvalue weighted by Gasteiger charge is 2.16. The SMILES string of the molecule is Cc1cccc(Nc2cc(N3CCN(C)CC3)nc(C)n2)c1. The largest absolute Gasteiger partial charge is 0.354 e. The summed E-state index contributed by atoms with van der Waals surface area (Å²) >= 11 is 0. The average Bonchev–Trinajstić information content (AvgIpc) is 2.47. The summed E-state index contributed by atoms with van der Waals surface area (Å²) in [6.07, 6.45) is 0. The molecule has 0 spiro atoms. The van der Waals surface area contributed by atoms with E-state index in [2.05, 4.69) is 57.3 Å². The van der Waals surface area contributed by atoms with E-state index < -0.39 is 0 Å². The number of rotatable bonds is 3. The lowest BCUT2D eigenvalue weighted by molar-refractivity contribution is 0.312. The number of benzene rings is 1. The summed E-state index contributed by atoms with van der Waals surface area (Å²) in [7, 11) is 2.16. The molecule has 0 unspecified atom stereocenters. The van der Waals surface area contributed by atoms with Crippen LogP contribution < -0.4 is 10.2 Å². The number of aryl methyl sites for hydroxylation is 2. The first-order valence-corrected chi connectivity index (χ1v) is 7.73. The molecular formula is C17H23N5. The fourth-order valence-corrected chi connectivity index (χ4v) is 2.68. The lowest BCUT2D eigenvalue weighted by atomic mass is 10.2. The van der Waals surface area contributed by atoms with E-state index >= 15 is 0 Å². The Morgan fingerprint density at radius 3 is 2.50 bits per heavy atom. The molecule has 2 aromatic rings. The molecule has 2 heterocycles. The lowest BCUT2D eigenvalue weighted by Crippen LogP contribution is -2.44. The molecule has 1 aromatic heterocycles. The van der Waals surface area contributed by atoms with E-state index in [4.69, 9.17) is 0 Å². The maximum absolute atomic E-state index is 4.60. The Morgan fingerprint density at radius 2 is 1.77 bits per heavy atom. The van der Waals surface area contributed by atoms with Gasteiger partial charge in [0.1, 0.15) is 17.5 Å². The van der Waals surface area contributed by atoms with Gasteiger partial charge in [-0.2, -0.15) is 0 Å². The summed E-state index contributed by atoms with van der Waals surface area (Å²) in [4.78, 5) is 13.8. The molecule has 0 saturated carbocycles. The van der Waals surface area contributed by atoms with Crippen LogP contribution in [0, 0.1) is 13.8 Å². The van der Waals surface area contributed by atoms with Crippen LogP contribution >= 0.6 is 0 Å². The van der Waals surface area contributed by atoms with E-state index in [0.29, 0.717) is 0 Å². The molecule has 5 nitrogen and oxygen atoms in total. The molecule has 0 atom stereocenters. The van der Waals surface area contributed by atoms with Gasteiger partial charge < -0.3 is 15.1 Å². The molecule has 1 aromatic carbocycles.